The van der Waals surface area contributed by atoms with Crippen LogP contribution in [0.5, 0.6) is 0 Å². The molecule has 12 heteroatoms. The number of imidazole rings is 1. The first-order valence-corrected chi connectivity index (χ1v) is 14.0. The number of pyridine rings is 1. The van der Waals surface area contributed by atoms with Gasteiger partial charge < -0.3 is 15.2 Å². The minimum Gasteiger partial charge on any atom is -0.364 e. The van der Waals surface area contributed by atoms with Crippen LogP contribution in [0, 0.1) is 17.7 Å². The highest BCUT2D eigenvalue weighted by Gasteiger charge is 2.47. The number of hydrogen-bond acceptors (Lipinski definition) is 5. The molecule has 2 fully saturated rings. The summed E-state index contributed by atoms with van der Waals surface area (Å²) in [7, 11) is 3.48. The number of aryl methyl sites for hydroxylation is 2. The van der Waals surface area contributed by atoms with Crippen molar-refractivity contribution in [3.8, 4) is 11.1 Å². The summed E-state index contributed by atoms with van der Waals surface area (Å²) in [6.07, 6.45) is 8.26. The smallest absolute Gasteiger partial charge is 0.282 e. The fourth-order valence-corrected chi connectivity index (χ4v) is 6.56. The van der Waals surface area contributed by atoms with Gasteiger partial charge in [0.05, 0.1) is 30.4 Å². The third-order valence-electron chi connectivity index (χ3n) is 8.85. The van der Waals surface area contributed by atoms with E-state index in [0.717, 1.165) is 30.6 Å². The van der Waals surface area contributed by atoms with Gasteiger partial charge in [0.2, 0.25) is 0 Å². The van der Waals surface area contributed by atoms with Gasteiger partial charge in [0.15, 0.2) is 5.82 Å². The predicted molar refractivity (Wildman–Crippen MR) is 149 cm³/mol. The van der Waals surface area contributed by atoms with E-state index in [1.165, 1.54) is 23.1 Å². The Labute approximate surface area is 240 Å². The number of nitrogens with zero attached hydrogens (tertiary/aromatic N) is 6. The number of benzene rings is 1. The average Bonchev–Trinajstić information content (AvgIpc) is 3.49. The van der Waals surface area contributed by atoms with Crippen LogP contribution in [0.15, 0.2) is 36.8 Å². The maximum atomic E-state index is 16.3. The maximum absolute atomic E-state index is 16.3. The summed E-state index contributed by atoms with van der Waals surface area (Å²) in [5.41, 5.74) is 7.74. The maximum Gasteiger partial charge on any atom is 0.282 e. The van der Waals surface area contributed by atoms with E-state index >= 15 is 4.39 Å². The van der Waals surface area contributed by atoms with Gasteiger partial charge in [0, 0.05) is 49.1 Å². The zero-order chi connectivity index (χ0) is 29.9. The molecule has 0 radical (unpaired) electrons. The lowest BCUT2D eigenvalue weighted by Crippen LogP contribution is -2.58. The Morgan fingerprint density at radius 2 is 1.76 bits per heavy atom. The van der Waals surface area contributed by atoms with Gasteiger partial charge in [-0.15, -0.1) is 0 Å². The van der Waals surface area contributed by atoms with Crippen LogP contribution in [0.4, 0.5) is 13.2 Å². The number of aromatic nitrogens is 5. The van der Waals surface area contributed by atoms with Crippen molar-refractivity contribution in [1.82, 2.24) is 29.2 Å². The Morgan fingerprint density at radius 1 is 1.05 bits per heavy atom. The summed E-state index contributed by atoms with van der Waals surface area (Å²) in [6, 6.07) is 4.69. The van der Waals surface area contributed by atoms with Crippen molar-refractivity contribution >= 4 is 22.8 Å². The zero-order valence-electron chi connectivity index (χ0n) is 23.6. The molecule has 1 saturated heterocycles. The van der Waals surface area contributed by atoms with Gasteiger partial charge in [-0.25, -0.2) is 18.2 Å². The second-order valence-electron chi connectivity index (χ2n) is 11.7. The topological polar surface area (TPSA) is 112 Å². The first-order valence-electron chi connectivity index (χ1n) is 14.0. The summed E-state index contributed by atoms with van der Waals surface area (Å²) in [6.45, 7) is 0.866. The molecule has 4 aromatic rings. The van der Waals surface area contributed by atoms with Crippen LogP contribution in [0.3, 0.4) is 0 Å². The number of amides is 2. The summed E-state index contributed by atoms with van der Waals surface area (Å²) in [5, 5.41) is 4.33. The van der Waals surface area contributed by atoms with Crippen LogP contribution >= 0.6 is 0 Å². The molecule has 2 aliphatic rings. The molecular weight excluding hydrogens is 547 g/mol. The van der Waals surface area contributed by atoms with E-state index in [1.807, 2.05) is 11.6 Å². The first-order chi connectivity index (χ1) is 20.0. The summed E-state index contributed by atoms with van der Waals surface area (Å²) in [4.78, 5) is 35.5. The van der Waals surface area contributed by atoms with E-state index in [1.54, 1.807) is 25.4 Å². The molecule has 2 N–H and O–H groups in total. The monoisotopic (exact) mass is 579 g/mol. The second-order valence-corrected chi connectivity index (χ2v) is 11.7. The number of rotatable bonds is 6. The van der Waals surface area contributed by atoms with E-state index in [-0.39, 0.29) is 34.0 Å². The zero-order valence-corrected chi connectivity index (χ0v) is 23.6. The molecule has 220 valence electrons. The van der Waals surface area contributed by atoms with Gasteiger partial charge in [-0.05, 0) is 42.9 Å². The molecule has 1 aliphatic heterocycles. The summed E-state index contributed by atoms with van der Waals surface area (Å²) in [5.74, 6) is -3.82. The van der Waals surface area contributed by atoms with Gasteiger partial charge >= 0.3 is 0 Å². The Balaban J connectivity index is 1.46. The molecule has 1 atom stereocenters. The van der Waals surface area contributed by atoms with Crippen LogP contribution in [0.1, 0.15) is 70.8 Å². The Hall–Kier alpha value is -4.22. The minimum atomic E-state index is -2.92. The lowest BCUT2D eigenvalue weighted by molar-refractivity contribution is -0.113. The van der Waals surface area contributed by atoms with Crippen molar-refractivity contribution < 1.29 is 22.8 Å². The molecule has 1 saturated carbocycles. The fourth-order valence-electron chi connectivity index (χ4n) is 6.56. The molecule has 42 heavy (non-hydrogen) atoms. The van der Waals surface area contributed by atoms with Gasteiger partial charge in [-0.2, -0.15) is 5.10 Å². The number of alkyl halides is 2. The number of likely N-dealkylation sites (tertiary alicyclic amines) is 1. The van der Waals surface area contributed by atoms with Crippen molar-refractivity contribution in [1.29, 1.82) is 0 Å². The first kappa shape index (κ1) is 27.9. The molecule has 9 nitrogen and oxygen atoms in total. The molecular formula is C30H32F3N7O2. The minimum absolute atomic E-state index is 0.0885. The van der Waals surface area contributed by atoms with Crippen molar-refractivity contribution in [2.75, 3.05) is 13.1 Å². The Bertz CT molecular complexity index is 1700. The van der Waals surface area contributed by atoms with E-state index in [9.17, 15) is 18.4 Å². The Morgan fingerprint density at radius 3 is 2.43 bits per heavy atom. The lowest BCUT2D eigenvalue weighted by atomic mass is 9.73. The SMILES string of the molecule is CC1CCC([C@@H](c2cnn(C)c2C(N)=O)c2nc3c(F)c(-c4cnccc4C(=O)N4CC(F)(F)C4)ccc3n2C)CC1. The van der Waals surface area contributed by atoms with Gasteiger partial charge in [-0.1, -0.05) is 19.8 Å². The Kier molecular flexibility index (Phi) is 6.81. The highest BCUT2D eigenvalue weighted by Crippen LogP contribution is 2.44. The van der Waals surface area contributed by atoms with Crippen LogP contribution in [-0.2, 0) is 14.1 Å². The van der Waals surface area contributed by atoms with E-state index in [4.69, 9.17) is 10.7 Å². The number of halogens is 3. The van der Waals surface area contributed by atoms with Crippen molar-refractivity contribution in [3.05, 3.63) is 65.3 Å². The predicted octanol–water partition coefficient (Wildman–Crippen LogP) is 4.66. The largest absolute Gasteiger partial charge is 0.364 e. The standard InChI is InChI=1S/C30H32F3N7O2/c1-16-4-6-17(7-5-16)23(21-13-36-39(3)26(21)27(34)41)28-37-25-22(38(28)2)9-8-18(24(25)31)20-12-35-11-10-19(20)29(42)40-14-30(32,33)15-40/h8-13,16-17,23H,4-7,14-15H2,1-3H3,(H2,34,41)/t16?,17?,23-/m0/s1. The third-order valence-corrected chi connectivity index (χ3v) is 8.85. The van der Waals surface area contributed by atoms with Gasteiger partial charge in [0.1, 0.15) is 17.0 Å². The average molecular weight is 580 g/mol. The number of hydrogen-bond donors (Lipinski definition) is 1. The third kappa shape index (κ3) is 4.62. The second kappa shape index (κ2) is 10.2. The quantitative estimate of drug-likeness (QED) is 0.357. The van der Waals surface area contributed by atoms with Gasteiger partial charge in [0.25, 0.3) is 17.7 Å². The normalized spacial score (nSPS) is 20.9. The summed E-state index contributed by atoms with van der Waals surface area (Å²) >= 11 is 0. The van der Waals surface area contributed by atoms with Crippen molar-refractivity contribution in [3.63, 3.8) is 0 Å². The van der Waals surface area contributed by atoms with Crippen LogP contribution in [0.25, 0.3) is 22.2 Å². The van der Waals surface area contributed by atoms with Gasteiger partial charge in [-0.3, -0.25) is 19.3 Å². The molecule has 0 unspecified atom stereocenters. The lowest BCUT2D eigenvalue weighted by Gasteiger charge is -2.38. The molecule has 0 spiro atoms. The molecule has 0 bridgehead atoms. The van der Waals surface area contributed by atoms with Crippen LogP contribution < -0.4 is 5.73 Å². The molecule has 3 aromatic heterocycles. The van der Waals surface area contributed by atoms with E-state index < -0.39 is 36.6 Å². The number of primary amides is 1. The highest BCUT2D eigenvalue weighted by atomic mass is 19.3. The van der Waals surface area contributed by atoms with Crippen LogP contribution in [-0.4, -0.2) is 60.0 Å². The van der Waals surface area contributed by atoms with Crippen molar-refractivity contribution in [2.45, 2.75) is 44.4 Å². The molecule has 2 amide bonds. The summed E-state index contributed by atoms with van der Waals surface area (Å²) < 4.78 is 46.6. The fraction of sp³-hybridized carbons (Fsp3) is 0.433. The molecule has 1 aromatic carbocycles. The molecule has 1 aliphatic carbocycles. The number of nitrogens with two attached hydrogens (primary N) is 1. The molecule has 6 rings (SSSR count). The molecule has 4 heterocycles. The number of carbonyl (C=O) groups excluding carboxylic acids is 2. The van der Waals surface area contributed by atoms with E-state index in [0.29, 0.717) is 28.5 Å². The van der Waals surface area contributed by atoms with Crippen molar-refractivity contribution in [2.24, 2.45) is 31.7 Å². The van der Waals surface area contributed by atoms with Crippen LogP contribution in [0.2, 0.25) is 0 Å². The number of fused-ring (bicyclic) bond motifs is 1. The highest BCUT2D eigenvalue weighted by molar-refractivity contribution is 6.02. The number of carbonyl (C=O) groups is 2. The van der Waals surface area contributed by atoms with E-state index in [2.05, 4.69) is 17.0 Å².